The number of aliphatic hydroxyl groups excluding tert-OH is 1. The molecule has 1 atom stereocenters. The second kappa shape index (κ2) is 7.43. The quantitative estimate of drug-likeness (QED) is 0.825. The summed E-state index contributed by atoms with van der Waals surface area (Å²) in [6, 6.07) is 7.98. The lowest BCUT2D eigenvalue weighted by atomic mass is 10.2. The molecule has 0 spiro atoms. The molecular formula is C15H20ClN3O. The zero-order valence-electron chi connectivity index (χ0n) is 11.6. The highest BCUT2D eigenvalue weighted by Gasteiger charge is 2.04. The topological polar surface area (TPSA) is 50.1 Å². The maximum atomic E-state index is 8.80. The van der Waals surface area contributed by atoms with E-state index in [1.165, 1.54) is 0 Å². The molecule has 5 heteroatoms. The van der Waals surface area contributed by atoms with Crippen LogP contribution >= 0.6 is 11.6 Å². The third-order valence-corrected chi connectivity index (χ3v) is 3.43. The molecule has 1 aromatic carbocycles. The van der Waals surface area contributed by atoms with Gasteiger partial charge in [-0.05, 0) is 44.0 Å². The van der Waals surface area contributed by atoms with Gasteiger partial charge in [0.15, 0.2) is 0 Å². The molecular weight excluding hydrogens is 274 g/mol. The second-order valence-corrected chi connectivity index (χ2v) is 5.35. The Labute approximate surface area is 124 Å². The van der Waals surface area contributed by atoms with E-state index in [-0.39, 0.29) is 6.61 Å². The predicted molar refractivity (Wildman–Crippen MR) is 81.2 cm³/mol. The number of hydrogen-bond acceptors (Lipinski definition) is 3. The highest BCUT2D eigenvalue weighted by atomic mass is 35.5. The van der Waals surface area contributed by atoms with Gasteiger partial charge in [0.05, 0.1) is 11.9 Å². The van der Waals surface area contributed by atoms with E-state index in [2.05, 4.69) is 17.3 Å². The van der Waals surface area contributed by atoms with Gasteiger partial charge in [-0.25, -0.2) is 4.68 Å². The summed E-state index contributed by atoms with van der Waals surface area (Å²) in [5, 5.41) is 17.3. The Balaban J connectivity index is 1.90. The normalized spacial score (nSPS) is 12.6. The zero-order chi connectivity index (χ0) is 14.4. The summed E-state index contributed by atoms with van der Waals surface area (Å²) < 4.78 is 1.84. The van der Waals surface area contributed by atoms with Crippen molar-refractivity contribution in [1.29, 1.82) is 0 Å². The van der Waals surface area contributed by atoms with Crippen LogP contribution in [0.2, 0.25) is 5.02 Å². The maximum Gasteiger partial charge on any atom is 0.0646 e. The summed E-state index contributed by atoms with van der Waals surface area (Å²) >= 11 is 5.87. The molecule has 0 saturated carbocycles. The molecule has 0 amide bonds. The molecule has 1 heterocycles. The SMILES string of the molecule is CC(CCCO)NCc1cnn(-c2ccc(Cl)cc2)c1. The summed E-state index contributed by atoms with van der Waals surface area (Å²) in [4.78, 5) is 0. The van der Waals surface area contributed by atoms with Gasteiger partial charge in [0.2, 0.25) is 0 Å². The first-order valence-corrected chi connectivity index (χ1v) is 7.20. The van der Waals surface area contributed by atoms with Crippen molar-refractivity contribution < 1.29 is 5.11 Å². The Bertz CT molecular complexity index is 524. The van der Waals surface area contributed by atoms with Crippen molar-refractivity contribution in [2.45, 2.75) is 32.4 Å². The number of hydrogen-bond donors (Lipinski definition) is 2. The molecule has 0 saturated heterocycles. The first-order chi connectivity index (χ1) is 9.69. The van der Waals surface area contributed by atoms with Gasteiger partial charge in [0, 0.05) is 36.0 Å². The van der Waals surface area contributed by atoms with Crippen LogP contribution in [0.15, 0.2) is 36.7 Å². The van der Waals surface area contributed by atoms with Gasteiger partial charge >= 0.3 is 0 Å². The molecule has 20 heavy (non-hydrogen) atoms. The van der Waals surface area contributed by atoms with Crippen molar-refractivity contribution in [2.24, 2.45) is 0 Å². The van der Waals surface area contributed by atoms with Crippen molar-refractivity contribution >= 4 is 11.6 Å². The zero-order valence-corrected chi connectivity index (χ0v) is 12.3. The number of benzene rings is 1. The molecule has 0 radical (unpaired) electrons. The molecule has 4 nitrogen and oxygen atoms in total. The number of aromatic nitrogens is 2. The summed E-state index contributed by atoms with van der Waals surface area (Å²) in [5.74, 6) is 0. The number of halogens is 1. The molecule has 1 unspecified atom stereocenters. The smallest absolute Gasteiger partial charge is 0.0646 e. The molecule has 2 aromatic rings. The van der Waals surface area contributed by atoms with Gasteiger partial charge < -0.3 is 10.4 Å². The molecule has 108 valence electrons. The minimum Gasteiger partial charge on any atom is -0.396 e. The van der Waals surface area contributed by atoms with E-state index in [1.54, 1.807) is 0 Å². The van der Waals surface area contributed by atoms with Gasteiger partial charge in [-0.2, -0.15) is 5.10 Å². The van der Waals surface area contributed by atoms with E-state index in [9.17, 15) is 0 Å². The van der Waals surface area contributed by atoms with E-state index in [0.717, 1.165) is 35.7 Å². The minimum atomic E-state index is 0.251. The van der Waals surface area contributed by atoms with Gasteiger partial charge in [-0.15, -0.1) is 0 Å². The molecule has 0 aliphatic rings. The van der Waals surface area contributed by atoms with E-state index in [1.807, 2.05) is 41.3 Å². The largest absolute Gasteiger partial charge is 0.396 e. The lowest BCUT2D eigenvalue weighted by molar-refractivity contribution is 0.276. The van der Waals surface area contributed by atoms with Crippen LogP contribution in [0.3, 0.4) is 0 Å². The Hall–Kier alpha value is -1.36. The Morgan fingerprint density at radius 2 is 2.10 bits per heavy atom. The van der Waals surface area contributed by atoms with Crippen LogP contribution in [-0.4, -0.2) is 27.5 Å². The van der Waals surface area contributed by atoms with Crippen molar-refractivity contribution in [3.8, 4) is 5.69 Å². The fourth-order valence-electron chi connectivity index (χ4n) is 1.98. The van der Waals surface area contributed by atoms with Crippen LogP contribution in [0, 0.1) is 0 Å². The average molecular weight is 294 g/mol. The van der Waals surface area contributed by atoms with Gasteiger partial charge in [0.1, 0.15) is 0 Å². The predicted octanol–water partition coefficient (Wildman–Crippen LogP) is 2.78. The number of nitrogens with zero attached hydrogens (tertiary/aromatic N) is 2. The molecule has 2 N–H and O–H groups in total. The van der Waals surface area contributed by atoms with Crippen LogP contribution in [0.25, 0.3) is 5.69 Å². The van der Waals surface area contributed by atoms with Crippen LogP contribution < -0.4 is 5.32 Å². The Morgan fingerprint density at radius 3 is 2.80 bits per heavy atom. The molecule has 0 fully saturated rings. The van der Waals surface area contributed by atoms with E-state index in [0.29, 0.717) is 6.04 Å². The number of aliphatic hydroxyl groups is 1. The highest BCUT2D eigenvalue weighted by molar-refractivity contribution is 6.30. The van der Waals surface area contributed by atoms with E-state index < -0.39 is 0 Å². The summed E-state index contributed by atoms with van der Waals surface area (Å²) in [7, 11) is 0. The van der Waals surface area contributed by atoms with Crippen molar-refractivity contribution in [3.05, 3.63) is 47.2 Å². The summed E-state index contributed by atoms with van der Waals surface area (Å²) in [6.45, 7) is 3.15. The molecule has 0 bridgehead atoms. The fourth-order valence-corrected chi connectivity index (χ4v) is 2.10. The van der Waals surface area contributed by atoms with Crippen molar-refractivity contribution in [2.75, 3.05) is 6.61 Å². The van der Waals surface area contributed by atoms with Crippen LogP contribution in [-0.2, 0) is 6.54 Å². The monoisotopic (exact) mass is 293 g/mol. The van der Waals surface area contributed by atoms with Crippen LogP contribution in [0.5, 0.6) is 0 Å². The van der Waals surface area contributed by atoms with E-state index >= 15 is 0 Å². The van der Waals surface area contributed by atoms with Gasteiger partial charge in [-0.1, -0.05) is 11.6 Å². The first-order valence-electron chi connectivity index (χ1n) is 6.83. The lowest BCUT2D eigenvalue weighted by Crippen LogP contribution is -2.25. The molecule has 0 aliphatic carbocycles. The lowest BCUT2D eigenvalue weighted by Gasteiger charge is -2.11. The molecule has 0 aliphatic heterocycles. The van der Waals surface area contributed by atoms with Gasteiger partial charge in [0.25, 0.3) is 0 Å². The highest BCUT2D eigenvalue weighted by Crippen LogP contribution is 2.13. The Kier molecular flexibility index (Phi) is 5.59. The van der Waals surface area contributed by atoms with Crippen LogP contribution in [0.1, 0.15) is 25.3 Å². The fraction of sp³-hybridized carbons (Fsp3) is 0.400. The second-order valence-electron chi connectivity index (χ2n) is 4.92. The average Bonchev–Trinajstić information content (AvgIpc) is 2.92. The van der Waals surface area contributed by atoms with Crippen molar-refractivity contribution in [1.82, 2.24) is 15.1 Å². The number of rotatable bonds is 7. The summed E-state index contributed by atoms with van der Waals surface area (Å²) in [6.07, 6.45) is 5.68. The third-order valence-electron chi connectivity index (χ3n) is 3.18. The summed E-state index contributed by atoms with van der Waals surface area (Å²) in [5.41, 5.74) is 2.13. The maximum absolute atomic E-state index is 8.80. The van der Waals surface area contributed by atoms with Crippen molar-refractivity contribution in [3.63, 3.8) is 0 Å². The minimum absolute atomic E-state index is 0.251. The van der Waals surface area contributed by atoms with Crippen LogP contribution in [0.4, 0.5) is 0 Å². The molecule has 1 aromatic heterocycles. The standard InChI is InChI=1S/C15H20ClN3O/c1-12(3-2-8-20)17-9-13-10-18-19(11-13)15-6-4-14(16)5-7-15/h4-7,10-12,17,20H,2-3,8-9H2,1H3. The Morgan fingerprint density at radius 1 is 1.35 bits per heavy atom. The molecule has 2 rings (SSSR count). The first kappa shape index (κ1) is 15.0. The number of nitrogens with one attached hydrogen (secondary N) is 1. The van der Waals surface area contributed by atoms with E-state index in [4.69, 9.17) is 16.7 Å². The third kappa shape index (κ3) is 4.34. The van der Waals surface area contributed by atoms with Gasteiger partial charge in [-0.3, -0.25) is 0 Å².